The number of tetrazole rings is 1. The van der Waals surface area contributed by atoms with Gasteiger partial charge in [-0.25, -0.2) is 0 Å². The summed E-state index contributed by atoms with van der Waals surface area (Å²) in [4.78, 5) is 0.152. The van der Waals surface area contributed by atoms with Gasteiger partial charge in [0.2, 0.25) is 5.82 Å². The molecular formula is C2H3N5S. The fourth-order valence-electron chi connectivity index (χ4n) is 0.266. The van der Waals surface area contributed by atoms with E-state index >= 15 is 0 Å². The zero-order chi connectivity index (χ0) is 5.98. The molecule has 1 heterocycles. The molecule has 1 aromatic rings. The third kappa shape index (κ3) is 0.784. The first-order chi connectivity index (χ1) is 3.80. The van der Waals surface area contributed by atoms with Gasteiger partial charge in [0, 0.05) is 0 Å². The van der Waals surface area contributed by atoms with Crippen LogP contribution in [0, 0.1) is 0 Å². The molecule has 0 bridgehead atoms. The number of aromatic nitrogens is 4. The minimum absolute atomic E-state index is 0.152. The van der Waals surface area contributed by atoms with Crippen molar-refractivity contribution in [3.05, 3.63) is 5.82 Å². The summed E-state index contributed by atoms with van der Waals surface area (Å²) in [6.07, 6.45) is 0. The van der Waals surface area contributed by atoms with Crippen LogP contribution in [0.3, 0.4) is 0 Å². The van der Waals surface area contributed by atoms with E-state index in [2.05, 4.69) is 32.8 Å². The first-order valence-electron chi connectivity index (χ1n) is 1.84. The van der Waals surface area contributed by atoms with Crippen LogP contribution >= 0.6 is 12.2 Å². The van der Waals surface area contributed by atoms with Gasteiger partial charge in [-0.05, 0) is 5.21 Å². The fraction of sp³-hybridized carbons (Fsp3) is 0. The quantitative estimate of drug-likeness (QED) is 0.467. The third-order valence-corrected chi connectivity index (χ3v) is 0.748. The highest BCUT2D eigenvalue weighted by Crippen LogP contribution is 1.78. The summed E-state index contributed by atoms with van der Waals surface area (Å²) in [5.74, 6) is 0.278. The maximum Gasteiger partial charge on any atom is 0.231 e. The summed E-state index contributed by atoms with van der Waals surface area (Å²) in [5.41, 5.74) is 5.10. The van der Waals surface area contributed by atoms with Gasteiger partial charge in [0.1, 0.15) is 4.99 Å². The highest BCUT2D eigenvalue weighted by Gasteiger charge is 1.97. The van der Waals surface area contributed by atoms with Crippen LogP contribution in [-0.4, -0.2) is 25.6 Å². The lowest BCUT2D eigenvalue weighted by atomic mass is 10.6. The summed E-state index contributed by atoms with van der Waals surface area (Å²) in [6, 6.07) is 0. The molecule has 0 aliphatic rings. The Morgan fingerprint density at radius 2 is 2.50 bits per heavy atom. The largest absolute Gasteiger partial charge is 0.387 e. The Balaban J connectivity index is 2.93. The number of hydrogen-bond acceptors (Lipinski definition) is 4. The summed E-state index contributed by atoms with van der Waals surface area (Å²) < 4.78 is 0. The van der Waals surface area contributed by atoms with Gasteiger partial charge in [-0.15, -0.1) is 10.2 Å². The zero-order valence-corrected chi connectivity index (χ0v) is 4.64. The molecule has 6 heteroatoms. The smallest absolute Gasteiger partial charge is 0.231 e. The van der Waals surface area contributed by atoms with E-state index < -0.39 is 0 Å². The molecule has 5 nitrogen and oxygen atoms in total. The molecule has 0 saturated heterocycles. The van der Waals surface area contributed by atoms with E-state index in [9.17, 15) is 0 Å². The molecule has 0 aliphatic heterocycles. The van der Waals surface area contributed by atoms with Crippen molar-refractivity contribution in [2.75, 3.05) is 0 Å². The molecule has 0 unspecified atom stereocenters. The molecule has 1 aromatic heterocycles. The maximum absolute atomic E-state index is 5.10. The van der Waals surface area contributed by atoms with Crippen molar-refractivity contribution >= 4 is 17.2 Å². The van der Waals surface area contributed by atoms with Crippen molar-refractivity contribution in [1.29, 1.82) is 0 Å². The maximum atomic E-state index is 5.10. The molecule has 0 aliphatic carbocycles. The molecule has 8 heavy (non-hydrogen) atoms. The first-order valence-corrected chi connectivity index (χ1v) is 2.25. The standard InChI is InChI=1S/C2H3N5S/c3-1(8)2-4-6-7-5-2/h(H2,3,8)(H,4,5,6,7). The minimum atomic E-state index is 0.152. The Hall–Kier alpha value is -1.04. The van der Waals surface area contributed by atoms with Gasteiger partial charge < -0.3 is 5.73 Å². The molecule has 0 saturated carbocycles. The molecule has 1 rings (SSSR count). The number of H-pyrrole nitrogens is 1. The number of nitrogens with zero attached hydrogens (tertiary/aromatic N) is 3. The van der Waals surface area contributed by atoms with Crippen LogP contribution in [0.15, 0.2) is 0 Å². The third-order valence-electron chi connectivity index (χ3n) is 0.566. The molecule has 0 fully saturated rings. The molecular weight excluding hydrogens is 126 g/mol. The van der Waals surface area contributed by atoms with E-state index in [-0.39, 0.29) is 10.8 Å². The van der Waals surface area contributed by atoms with E-state index in [1.807, 2.05) is 0 Å². The molecule has 3 N–H and O–H groups in total. The summed E-state index contributed by atoms with van der Waals surface area (Å²) in [6.45, 7) is 0. The van der Waals surface area contributed by atoms with Gasteiger partial charge in [0.15, 0.2) is 0 Å². The van der Waals surface area contributed by atoms with Crippen molar-refractivity contribution in [2.45, 2.75) is 0 Å². The second-order valence-electron chi connectivity index (χ2n) is 1.10. The van der Waals surface area contributed by atoms with Crippen LogP contribution in [0.5, 0.6) is 0 Å². The van der Waals surface area contributed by atoms with E-state index in [0.717, 1.165) is 0 Å². The van der Waals surface area contributed by atoms with Gasteiger partial charge in [0.25, 0.3) is 0 Å². The molecule has 0 amide bonds. The highest BCUT2D eigenvalue weighted by atomic mass is 32.1. The Kier molecular flexibility index (Phi) is 1.17. The van der Waals surface area contributed by atoms with Gasteiger partial charge in [-0.3, -0.25) is 0 Å². The zero-order valence-electron chi connectivity index (χ0n) is 3.83. The molecule has 0 atom stereocenters. The van der Waals surface area contributed by atoms with Crippen LogP contribution in [0.2, 0.25) is 0 Å². The van der Waals surface area contributed by atoms with Crippen LogP contribution in [-0.2, 0) is 0 Å². The highest BCUT2D eigenvalue weighted by molar-refractivity contribution is 7.80. The van der Waals surface area contributed by atoms with E-state index in [4.69, 9.17) is 5.73 Å². The van der Waals surface area contributed by atoms with Crippen LogP contribution < -0.4 is 5.73 Å². The summed E-state index contributed by atoms with van der Waals surface area (Å²) in [7, 11) is 0. The Bertz CT molecular complexity index is 178. The number of nitrogens with one attached hydrogen (secondary N) is 1. The van der Waals surface area contributed by atoms with E-state index in [1.54, 1.807) is 0 Å². The fourth-order valence-corrected chi connectivity index (χ4v) is 0.353. The second kappa shape index (κ2) is 1.83. The second-order valence-corrected chi connectivity index (χ2v) is 1.54. The lowest BCUT2D eigenvalue weighted by molar-refractivity contribution is 0.881. The Labute approximate surface area is 50.3 Å². The molecule has 0 spiro atoms. The van der Waals surface area contributed by atoms with Gasteiger partial charge in [-0.2, -0.15) is 5.21 Å². The van der Waals surface area contributed by atoms with Gasteiger partial charge in [0.05, 0.1) is 0 Å². The van der Waals surface area contributed by atoms with Crippen LogP contribution in [0.25, 0.3) is 0 Å². The van der Waals surface area contributed by atoms with Crippen LogP contribution in [0.1, 0.15) is 5.82 Å². The number of thiocarbonyl (C=S) groups is 1. The SMILES string of the molecule is NC(=S)c1nn[nH]n1. The summed E-state index contributed by atoms with van der Waals surface area (Å²) >= 11 is 4.51. The number of hydrogen-bond donors (Lipinski definition) is 2. The Morgan fingerprint density at radius 3 is 2.75 bits per heavy atom. The average Bonchev–Trinajstić information content (AvgIpc) is 2.12. The number of aromatic amines is 1. The van der Waals surface area contributed by atoms with Crippen LogP contribution in [0.4, 0.5) is 0 Å². The Morgan fingerprint density at radius 1 is 1.75 bits per heavy atom. The monoisotopic (exact) mass is 129 g/mol. The van der Waals surface area contributed by atoms with Crippen molar-refractivity contribution in [3.8, 4) is 0 Å². The number of rotatable bonds is 1. The predicted octanol–water partition coefficient (Wildman–Crippen LogP) is -1.17. The first kappa shape index (κ1) is 5.10. The lowest BCUT2D eigenvalue weighted by Crippen LogP contribution is -2.11. The summed E-state index contributed by atoms with van der Waals surface area (Å²) in [5, 5.41) is 12.5. The van der Waals surface area contributed by atoms with Crippen molar-refractivity contribution in [3.63, 3.8) is 0 Å². The van der Waals surface area contributed by atoms with Crippen molar-refractivity contribution in [1.82, 2.24) is 20.6 Å². The van der Waals surface area contributed by atoms with Crippen molar-refractivity contribution < 1.29 is 0 Å². The topological polar surface area (TPSA) is 80.5 Å². The van der Waals surface area contributed by atoms with E-state index in [1.165, 1.54) is 0 Å². The van der Waals surface area contributed by atoms with Crippen molar-refractivity contribution in [2.24, 2.45) is 5.73 Å². The van der Waals surface area contributed by atoms with Gasteiger partial charge in [-0.1, -0.05) is 12.2 Å². The van der Waals surface area contributed by atoms with Gasteiger partial charge >= 0.3 is 0 Å². The minimum Gasteiger partial charge on any atom is -0.387 e. The predicted molar refractivity (Wildman–Crippen MR) is 30.1 cm³/mol. The normalized spacial score (nSPS) is 9.00. The lowest BCUT2D eigenvalue weighted by Gasteiger charge is -1.79. The molecule has 42 valence electrons. The molecule has 0 radical (unpaired) electrons. The number of nitrogens with two attached hydrogens (primary N) is 1. The van der Waals surface area contributed by atoms with E-state index in [0.29, 0.717) is 0 Å². The molecule has 0 aromatic carbocycles. The average molecular weight is 129 g/mol.